The van der Waals surface area contributed by atoms with Gasteiger partial charge in [0.1, 0.15) is 0 Å². The highest BCUT2D eigenvalue weighted by Crippen LogP contribution is 2.30. The first-order valence-electron chi connectivity index (χ1n) is 6.75. The Balaban J connectivity index is 1.87. The number of nitrogens with one attached hydrogen (secondary N) is 1. The Morgan fingerprint density at radius 3 is 2.74 bits per heavy atom. The lowest BCUT2D eigenvalue weighted by Crippen LogP contribution is -2.45. The molecular weight excluding hydrogens is 326 g/mol. The Hall–Kier alpha value is -0.390. The smallest absolute Gasteiger partial charge is 0.228 e. The topological polar surface area (TPSA) is 49.3 Å². The molecule has 1 unspecified atom stereocenters. The number of amides is 1. The number of carbonyl (C=O) groups is 1. The van der Waals surface area contributed by atoms with Crippen molar-refractivity contribution in [3.05, 3.63) is 20.8 Å². The summed E-state index contributed by atoms with van der Waals surface area (Å²) in [6.07, 6.45) is 4.90. The Morgan fingerprint density at radius 2 is 2.16 bits per heavy atom. The van der Waals surface area contributed by atoms with Crippen molar-refractivity contribution in [3.8, 4) is 0 Å². The maximum atomic E-state index is 12.1. The van der Waals surface area contributed by atoms with Gasteiger partial charge in [0.2, 0.25) is 5.91 Å². The molecule has 1 fully saturated rings. The normalized spacial score (nSPS) is 19.9. The lowest BCUT2D eigenvalue weighted by Gasteiger charge is -2.32. The highest BCUT2D eigenvalue weighted by atomic mass is 79.9. The van der Waals surface area contributed by atoms with Crippen molar-refractivity contribution in [2.45, 2.75) is 50.5 Å². The summed E-state index contributed by atoms with van der Waals surface area (Å²) in [6, 6.07) is 3.92. The first-order valence-corrected chi connectivity index (χ1v) is 8.36. The summed E-state index contributed by atoms with van der Waals surface area (Å²) < 4.78 is 1.04. The van der Waals surface area contributed by atoms with Gasteiger partial charge in [-0.25, -0.2) is 0 Å². The van der Waals surface area contributed by atoms with Gasteiger partial charge in [-0.3, -0.25) is 4.79 Å². The average molecular weight is 346 g/mol. The first-order chi connectivity index (χ1) is 9.00. The molecule has 1 aliphatic carbocycles. The van der Waals surface area contributed by atoms with Gasteiger partial charge >= 0.3 is 0 Å². The fourth-order valence-electron chi connectivity index (χ4n) is 2.48. The molecule has 0 radical (unpaired) electrons. The molecule has 2 N–H and O–H groups in total. The third-order valence-corrected chi connectivity index (χ3v) is 5.60. The second kappa shape index (κ2) is 6.37. The van der Waals surface area contributed by atoms with Gasteiger partial charge in [0.15, 0.2) is 0 Å². The quantitative estimate of drug-likeness (QED) is 0.878. The highest BCUT2D eigenvalue weighted by Gasteiger charge is 2.30. The molecule has 0 spiro atoms. The molecule has 1 heterocycles. The lowest BCUT2D eigenvalue weighted by molar-refractivity contribution is -0.123. The average Bonchev–Trinajstić information content (AvgIpc) is 2.83. The summed E-state index contributed by atoms with van der Waals surface area (Å²) in [6.45, 7) is 2.28. The maximum absolute atomic E-state index is 12.1. The van der Waals surface area contributed by atoms with E-state index in [2.05, 4.69) is 21.2 Å². The van der Waals surface area contributed by atoms with Crippen LogP contribution in [0.3, 0.4) is 0 Å². The number of rotatable bonds is 4. The predicted octanol–water partition coefficient (Wildman–Crippen LogP) is 3.43. The molecule has 3 nitrogen and oxygen atoms in total. The van der Waals surface area contributed by atoms with Gasteiger partial charge in [-0.15, -0.1) is 11.3 Å². The monoisotopic (exact) mass is 345 g/mol. The third kappa shape index (κ3) is 4.04. The summed E-state index contributed by atoms with van der Waals surface area (Å²) >= 11 is 4.98. The van der Waals surface area contributed by atoms with Crippen molar-refractivity contribution in [2.24, 2.45) is 0 Å². The molecule has 19 heavy (non-hydrogen) atoms. The SMILES string of the molecule is CC(C(=O)NCC1(O)CCCCC1)c1ccc(Br)s1. The molecule has 1 aromatic rings. The molecule has 5 heteroatoms. The van der Waals surface area contributed by atoms with Crippen molar-refractivity contribution < 1.29 is 9.90 Å². The van der Waals surface area contributed by atoms with E-state index < -0.39 is 5.60 Å². The van der Waals surface area contributed by atoms with E-state index in [1.807, 2.05) is 19.1 Å². The molecule has 1 aliphatic rings. The van der Waals surface area contributed by atoms with E-state index in [9.17, 15) is 9.90 Å². The number of hydrogen-bond donors (Lipinski definition) is 2. The summed E-state index contributed by atoms with van der Waals surface area (Å²) in [5.41, 5.74) is -0.691. The highest BCUT2D eigenvalue weighted by molar-refractivity contribution is 9.11. The van der Waals surface area contributed by atoms with Crippen LogP contribution in [-0.2, 0) is 4.79 Å². The van der Waals surface area contributed by atoms with Crippen LogP contribution in [0.4, 0.5) is 0 Å². The second-order valence-electron chi connectivity index (χ2n) is 5.37. The van der Waals surface area contributed by atoms with Gasteiger partial charge in [0.25, 0.3) is 0 Å². The molecule has 1 saturated carbocycles. The van der Waals surface area contributed by atoms with Crippen LogP contribution in [0, 0.1) is 0 Å². The van der Waals surface area contributed by atoms with Crippen LogP contribution < -0.4 is 5.32 Å². The van der Waals surface area contributed by atoms with Crippen molar-refractivity contribution >= 4 is 33.2 Å². The number of halogens is 1. The fraction of sp³-hybridized carbons (Fsp3) is 0.643. The number of thiophene rings is 1. The minimum Gasteiger partial charge on any atom is -0.388 e. The van der Waals surface area contributed by atoms with Crippen LogP contribution in [0.5, 0.6) is 0 Å². The summed E-state index contributed by atoms with van der Waals surface area (Å²) in [5, 5.41) is 13.3. The zero-order chi connectivity index (χ0) is 13.9. The standard InChI is InChI=1S/C14H20BrNO2S/c1-10(11-5-6-12(15)19-11)13(17)16-9-14(18)7-3-2-4-8-14/h5-6,10,18H,2-4,7-9H2,1H3,(H,16,17). The Labute approximate surface area is 126 Å². The third-order valence-electron chi connectivity index (χ3n) is 3.79. The van der Waals surface area contributed by atoms with E-state index in [1.54, 1.807) is 11.3 Å². The molecule has 2 rings (SSSR count). The van der Waals surface area contributed by atoms with Gasteiger partial charge in [-0.2, -0.15) is 0 Å². The molecule has 0 aliphatic heterocycles. The minimum atomic E-state index is -0.691. The molecule has 1 aromatic heterocycles. The molecule has 1 atom stereocenters. The van der Waals surface area contributed by atoms with Crippen molar-refractivity contribution in [2.75, 3.05) is 6.54 Å². The van der Waals surface area contributed by atoms with Gasteiger partial charge < -0.3 is 10.4 Å². The van der Waals surface area contributed by atoms with E-state index in [0.717, 1.165) is 34.3 Å². The molecule has 0 bridgehead atoms. The number of hydrogen-bond acceptors (Lipinski definition) is 3. The zero-order valence-electron chi connectivity index (χ0n) is 11.1. The van der Waals surface area contributed by atoms with Gasteiger partial charge in [0.05, 0.1) is 15.3 Å². The van der Waals surface area contributed by atoms with Crippen LogP contribution in [0.2, 0.25) is 0 Å². The minimum absolute atomic E-state index is 0.00616. The van der Waals surface area contributed by atoms with E-state index in [-0.39, 0.29) is 11.8 Å². The van der Waals surface area contributed by atoms with E-state index in [0.29, 0.717) is 6.54 Å². The van der Waals surface area contributed by atoms with E-state index >= 15 is 0 Å². The molecular formula is C14H20BrNO2S. The Morgan fingerprint density at radius 1 is 1.47 bits per heavy atom. The van der Waals surface area contributed by atoms with E-state index in [1.165, 1.54) is 6.42 Å². The Bertz CT molecular complexity index is 440. The maximum Gasteiger partial charge on any atom is 0.228 e. The van der Waals surface area contributed by atoms with Crippen LogP contribution in [-0.4, -0.2) is 23.2 Å². The summed E-state index contributed by atoms with van der Waals surface area (Å²) in [7, 11) is 0. The van der Waals surface area contributed by atoms with Crippen LogP contribution in [0.25, 0.3) is 0 Å². The predicted molar refractivity (Wildman–Crippen MR) is 81.5 cm³/mol. The molecule has 106 valence electrons. The lowest BCUT2D eigenvalue weighted by atomic mass is 9.85. The van der Waals surface area contributed by atoms with Gasteiger partial charge in [-0.05, 0) is 47.8 Å². The van der Waals surface area contributed by atoms with Gasteiger partial charge in [-0.1, -0.05) is 19.3 Å². The largest absolute Gasteiger partial charge is 0.388 e. The summed E-state index contributed by atoms with van der Waals surface area (Å²) in [4.78, 5) is 13.1. The number of aliphatic hydroxyl groups is 1. The van der Waals surface area contributed by atoms with Crippen LogP contribution in [0.15, 0.2) is 15.9 Å². The van der Waals surface area contributed by atoms with Crippen LogP contribution in [0.1, 0.15) is 49.8 Å². The first kappa shape index (κ1) is 15.0. The van der Waals surface area contributed by atoms with Crippen molar-refractivity contribution in [1.29, 1.82) is 0 Å². The van der Waals surface area contributed by atoms with E-state index in [4.69, 9.17) is 0 Å². The molecule has 0 aromatic carbocycles. The van der Waals surface area contributed by atoms with Crippen LogP contribution >= 0.6 is 27.3 Å². The zero-order valence-corrected chi connectivity index (χ0v) is 13.5. The summed E-state index contributed by atoms with van der Waals surface area (Å²) in [5.74, 6) is -0.170. The van der Waals surface area contributed by atoms with Crippen molar-refractivity contribution in [1.82, 2.24) is 5.32 Å². The fourth-order valence-corrected chi connectivity index (χ4v) is 3.96. The molecule has 0 saturated heterocycles. The van der Waals surface area contributed by atoms with Crippen molar-refractivity contribution in [3.63, 3.8) is 0 Å². The van der Waals surface area contributed by atoms with Gasteiger partial charge in [0, 0.05) is 11.4 Å². The molecule has 1 amide bonds. The Kier molecular flexibility index (Phi) is 5.03. The number of carbonyl (C=O) groups excluding carboxylic acids is 1. The second-order valence-corrected chi connectivity index (χ2v) is 7.86.